The largest absolute Gasteiger partial charge is 0.456 e. The molecule has 12 aromatic rings. The van der Waals surface area contributed by atoms with Gasteiger partial charge in [0, 0.05) is 72.1 Å². The summed E-state index contributed by atoms with van der Waals surface area (Å²) in [5, 5.41) is 7.62. The number of hydrogen-bond donors (Lipinski definition) is 0. The third kappa shape index (κ3) is 7.20. The highest BCUT2D eigenvalue weighted by Crippen LogP contribution is 2.64. The van der Waals surface area contributed by atoms with Gasteiger partial charge in [-0.3, -0.25) is 0 Å². The number of nitrogens with zero attached hydrogens (tertiary/aromatic N) is 3. The molecule has 0 spiro atoms. The number of furan rings is 1. The van der Waals surface area contributed by atoms with Crippen LogP contribution in [0.5, 0.6) is 0 Å². The molecule has 0 unspecified atom stereocenters. The van der Waals surface area contributed by atoms with E-state index in [1.165, 1.54) is 165 Å². The van der Waals surface area contributed by atoms with Crippen molar-refractivity contribution in [2.45, 2.75) is 114 Å². The van der Waals surface area contributed by atoms with Crippen LogP contribution in [0.1, 0.15) is 115 Å². The van der Waals surface area contributed by atoms with Gasteiger partial charge in [-0.15, -0.1) is 0 Å². The van der Waals surface area contributed by atoms with Gasteiger partial charge in [0.1, 0.15) is 11.2 Å². The zero-order valence-corrected chi connectivity index (χ0v) is 50.3. The zero-order valence-electron chi connectivity index (χ0n) is 50.3. The van der Waals surface area contributed by atoms with E-state index in [4.69, 9.17) is 4.42 Å². The lowest BCUT2D eigenvalue weighted by molar-refractivity contribution is -0.00527. The topological polar surface area (TPSA) is 24.6 Å². The quantitative estimate of drug-likeness (QED) is 0.149. The molecule has 4 heterocycles. The highest BCUT2D eigenvalue weighted by molar-refractivity contribution is 6.90. The molecule has 8 fully saturated rings. The highest BCUT2D eigenvalue weighted by atomic mass is 16.3. The minimum atomic E-state index is -0.161. The fraction of sp³-hybridized carbons (Fsp3) is 0.293. The van der Waals surface area contributed by atoms with Crippen molar-refractivity contribution in [3.05, 3.63) is 217 Å². The van der Waals surface area contributed by atoms with E-state index in [2.05, 4.69) is 235 Å². The van der Waals surface area contributed by atoms with Crippen molar-refractivity contribution in [1.29, 1.82) is 0 Å². The molecule has 2 aliphatic heterocycles. The molecule has 0 atom stereocenters. The summed E-state index contributed by atoms with van der Waals surface area (Å²) in [6.07, 6.45) is 16.7. The van der Waals surface area contributed by atoms with Crippen molar-refractivity contribution in [2.24, 2.45) is 35.5 Å². The number of anilines is 6. The third-order valence-corrected chi connectivity index (χ3v) is 23.9. The average Bonchev–Trinajstić information content (AvgIpc) is 1.64. The normalized spacial score (nSPS) is 25.4. The molecule has 5 heteroatoms. The Bertz CT molecular complexity index is 4780. The fourth-order valence-electron chi connectivity index (χ4n) is 21.1. The molecule has 8 bridgehead atoms. The van der Waals surface area contributed by atoms with Crippen LogP contribution >= 0.6 is 0 Å². The summed E-state index contributed by atoms with van der Waals surface area (Å²) in [5.41, 5.74) is 24.4. The summed E-state index contributed by atoms with van der Waals surface area (Å²) in [5.74, 6) is 5.13. The molecule has 10 aliphatic rings. The van der Waals surface area contributed by atoms with Crippen molar-refractivity contribution in [1.82, 2.24) is 4.48 Å². The maximum Gasteiger partial charge on any atom is 0.333 e. The monoisotopic (exact) mass is 1130 g/mol. The lowest BCUT2D eigenvalue weighted by Gasteiger charge is -2.57. The maximum atomic E-state index is 7.23. The van der Waals surface area contributed by atoms with E-state index < -0.39 is 0 Å². The molecule has 0 amide bonds. The van der Waals surface area contributed by atoms with Crippen LogP contribution in [0.3, 0.4) is 0 Å². The van der Waals surface area contributed by atoms with Crippen LogP contribution in [0.15, 0.2) is 205 Å². The minimum absolute atomic E-state index is 0.0723. The second-order valence-corrected chi connectivity index (χ2v) is 30.1. The Morgan fingerprint density at radius 3 is 1.63 bits per heavy atom. The molecule has 0 saturated heterocycles. The first kappa shape index (κ1) is 49.8. The number of aromatic nitrogens is 1. The minimum Gasteiger partial charge on any atom is -0.456 e. The average molecular weight is 1130 g/mol. The van der Waals surface area contributed by atoms with Crippen molar-refractivity contribution in [3.63, 3.8) is 0 Å². The van der Waals surface area contributed by atoms with Gasteiger partial charge in [0.05, 0.1) is 5.69 Å². The lowest BCUT2D eigenvalue weighted by Crippen LogP contribution is -2.56. The fourth-order valence-corrected chi connectivity index (χ4v) is 21.1. The zero-order chi connectivity index (χ0) is 57.2. The van der Waals surface area contributed by atoms with Gasteiger partial charge < -0.3 is 18.7 Å². The molecule has 22 rings (SSSR count). The molecule has 10 aromatic carbocycles. The molecular formula is C82H72BN3O. The Kier molecular flexibility index (Phi) is 10.1. The van der Waals surface area contributed by atoms with E-state index in [0.29, 0.717) is 0 Å². The van der Waals surface area contributed by atoms with Crippen LogP contribution in [0.25, 0.3) is 76.8 Å². The second-order valence-electron chi connectivity index (χ2n) is 30.1. The van der Waals surface area contributed by atoms with Crippen molar-refractivity contribution >= 4 is 106 Å². The van der Waals surface area contributed by atoms with E-state index in [1.807, 2.05) is 0 Å². The number of benzene rings is 10. The Balaban J connectivity index is 0.940. The van der Waals surface area contributed by atoms with Crippen molar-refractivity contribution in [2.75, 3.05) is 9.80 Å². The predicted octanol–water partition coefficient (Wildman–Crippen LogP) is 20.6. The van der Waals surface area contributed by atoms with Crippen LogP contribution in [0.4, 0.5) is 34.1 Å². The van der Waals surface area contributed by atoms with Gasteiger partial charge in [-0.1, -0.05) is 124 Å². The molecule has 87 heavy (non-hydrogen) atoms. The number of rotatable bonds is 7. The smallest absolute Gasteiger partial charge is 0.333 e. The van der Waals surface area contributed by atoms with Crippen molar-refractivity contribution in [3.8, 4) is 22.3 Å². The SMILES string of the molecule is CC(C)(C)c1ccc(N2c3cc4c(cc3B3c5c(cc(N(c6ccccc6)c6ccccc6)cc52)-c2cc(C56CC7CC(CC(C7)C5)C6)cc5c6cc(C78CC9CC(CC(C9)C7)C8)ccc6n3c25)oc2cc3ccccc3cc24)c(-c2ccccc2)c1. The van der Waals surface area contributed by atoms with Gasteiger partial charge in [-0.2, -0.15) is 0 Å². The molecule has 8 saturated carbocycles. The maximum absolute atomic E-state index is 7.23. The van der Waals surface area contributed by atoms with E-state index in [-0.39, 0.29) is 23.1 Å². The Labute approximate surface area is 510 Å². The standard InChI is InChI=1S/C82H72BN3O/c1-80(2,3)58-23-25-72(64(35-58)55-15-7-4-8-16-55)85-74-41-67-66-33-56-17-13-14-18-57(56)34-76(66)87-77(67)42-71(74)83-78-68(39-63(40-75(78)85)84(61-19-9-5-10-20-61)62-21-11-6-12-22-62)70-38-60(82-46-52-30-53(47-82)32-54(31-52)48-82)37-69-65-36-59(24-26-73(65)86(83)79(69)70)81-43-49-27-50(44-81)29-51(28-49)45-81/h4-26,33-42,49-54H,27-32,43-48H2,1-3H3. The molecule has 2 aromatic heterocycles. The summed E-state index contributed by atoms with van der Waals surface area (Å²) in [6, 6.07) is 78.1. The van der Waals surface area contributed by atoms with Gasteiger partial charge in [-0.25, -0.2) is 0 Å². The van der Waals surface area contributed by atoms with E-state index in [1.54, 1.807) is 11.1 Å². The van der Waals surface area contributed by atoms with Crippen LogP contribution in [-0.2, 0) is 16.2 Å². The second kappa shape index (κ2) is 17.7. The summed E-state index contributed by atoms with van der Waals surface area (Å²) in [7, 11) is 0. The molecule has 0 N–H and O–H groups in total. The highest BCUT2D eigenvalue weighted by Gasteiger charge is 2.54. The molecule has 0 radical (unpaired) electrons. The first-order valence-electron chi connectivity index (χ1n) is 33.2. The van der Waals surface area contributed by atoms with Gasteiger partial charge in [-0.05, 0) is 275 Å². The van der Waals surface area contributed by atoms with Gasteiger partial charge in [0.25, 0.3) is 0 Å². The van der Waals surface area contributed by atoms with E-state index in [9.17, 15) is 0 Å². The van der Waals surface area contributed by atoms with Crippen LogP contribution in [0.2, 0.25) is 0 Å². The van der Waals surface area contributed by atoms with Crippen LogP contribution in [-0.4, -0.2) is 11.3 Å². The van der Waals surface area contributed by atoms with E-state index in [0.717, 1.165) is 74.5 Å². The Morgan fingerprint density at radius 2 is 1.00 bits per heavy atom. The summed E-state index contributed by atoms with van der Waals surface area (Å²) < 4.78 is 10.1. The summed E-state index contributed by atoms with van der Waals surface area (Å²) in [4.78, 5) is 5.23. The predicted molar refractivity (Wildman–Crippen MR) is 363 cm³/mol. The molecule has 4 nitrogen and oxygen atoms in total. The number of para-hydroxylation sites is 2. The van der Waals surface area contributed by atoms with Crippen LogP contribution < -0.4 is 20.7 Å². The molecule has 8 aliphatic carbocycles. The lowest BCUT2D eigenvalue weighted by atomic mass is 9.44. The Morgan fingerprint density at radius 1 is 0.437 bits per heavy atom. The first-order valence-corrected chi connectivity index (χ1v) is 33.2. The first-order chi connectivity index (χ1) is 42.5. The number of fused-ring (bicyclic) bond motifs is 11. The van der Waals surface area contributed by atoms with Gasteiger partial charge in [0.2, 0.25) is 0 Å². The third-order valence-electron chi connectivity index (χ3n) is 23.9. The molecule has 424 valence electrons. The number of hydrogen-bond acceptors (Lipinski definition) is 3. The van der Waals surface area contributed by atoms with Crippen LogP contribution in [0, 0.1) is 35.5 Å². The summed E-state index contributed by atoms with van der Waals surface area (Å²) >= 11 is 0. The van der Waals surface area contributed by atoms with Gasteiger partial charge >= 0.3 is 6.85 Å². The summed E-state index contributed by atoms with van der Waals surface area (Å²) in [6.45, 7) is 6.90. The Hall–Kier alpha value is -8.28. The van der Waals surface area contributed by atoms with Gasteiger partial charge in [0.15, 0.2) is 0 Å². The van der Waals surface area contributed by atoms with Crippen molar-refractivity contribution < 1.29 is 4.42 Å². The van der Waals surface area contributed by atoms with E-state index >= 15 is 0 Å². The molecular weight excluding hydrogens is 1050 g/mol.